The van der Waals surface area contributed by atoms with Gasteiger partial charge in [0, 0.05) is 9.13 Å². The van der Waals surface area contributed by atoms with Gasteiger partial charge in [0.15, 0.2) is 0 Å². The minimum absolute atomic E-state index is 0.282. The largest absolute Gasteiger partial charge is 0.206 e. The molecule has 2 rings (SSSR count). The first kappa shape index (κ1) is 13.4. The van der Waals surface area contributed by atoms with Crippen molar-refractivity contribution in [1.29, 1.82) is 0 Å². The van der Waals surface area contributed by atoms with Gasteiger partial charge in [-0.3, -0.25) is 0 Å². The number of halogens is 5. The van der Waals surface area contributed by atoms with Crippen LogP contribution in [0, 0.1) is 9.39 Å². The molecule has 0 bridgehead atoms. The Bertz CT molecular complexity index is 584. The third-order valence-electron chi connectivity index (χ3n) is 2.27. The van der Waals surface area contributed by atoms with E-state index in [4.69, 9.17) is 34.8 Å². The molecule has 0 aliphatic heterocycles. The molecule has 0 saturated carbocycles. The zero-order valence-corrected chi connectivity index (χ0v) is 12.7. The lowest BCUT2D eigenvalue weighted by Gasteiger charge is -2.08. The van der Waals surface area contributed by atoms with E-state index < -0.39 is 0 Å². The van der Waals surface area contributed by atoms with Crippen LogP contribution in [0.2, 0.25) is 15.1 Å². The highest BCUT2D eigenvalue weighted by molar-refractivity contribution is 14.1. The number of benzene rings is 2. The fraction of sp³-hybridized carbons (Fsp3) is 0. The fourth-order valence-corrected chi connectivity index (χ4v) is 2.39. The summed E-state index contributed by atoms with van der Waals surface area (Å²) in [4.78, 5) is 0. The van der Waals surface area contributed by atoms with Gasteiger partial charge in [0.1, 0.15) is 5.82 Å². The summed E-state index contributed by atoms with van der Waals surface area (Å²) in [7, 11) is 0. The Morgan fingerprint density at radius 1 is 0.941 bits per heavy atom. The van der Waals surface area contributed by atoms with Gasteiger partial charge >= 0.3 is 0 Å². The van der Waals surface area contributed by atoms with Crippen LogP contribution in [0.4, 0.5) is 4.39 Å². The molecule has 0 atom stereocenters. The van der Waals surface area contributed by atoms with Crippen molar-refractivity contribution >= 4 is 57.4 Å². The van der Waals surface area contributed by atoms with Crippen molar-refractivity contribution < 1.29 is 4.39 Å². The summed E-state index contributed by atoms with van der Waals surface area (Å²) in [5, 5.41) is 0.996. The summed E-state index contributed by atoms with van der Waals surface area (Å²) < 4.78 is 14.0. The van der Waals surface area contributed by atoms with Crippen molar-refractivity contribution in [3.8, 4) is 11.1 Å². The molecule has 0 amide bonds. The van der Waals surface area contributed by atoms with Crippen molar-refractivity contribution in [3.63, 3.8) is 0 Å². The van der Waals surface area contributed by atoms with E-state index in [1.807, 2.05) is 22.6 Å². The van der Waals surface area contributed by atoms with Crippen LogP contribution >= 0.6 is 57.4 Å². The molecule has 2 aromatic carbocycles. The maximum Gasteiger partial charge on any atom is 0.137 e. The summed E-state index contributed by atoms with van der Waals surface area (Å²) in [5.74, 6) is -0.287. The lowest BCUT2D eigenvalue weighted by atomic mass is 10.1. The minimum atomic E-state index is -0.287. The third-order valence-corrected chi connectivity index (χ3v) is 4.43. The van der Waals surface area contributed by atoms with E-state index in [2.05, 4.69) is 0 Å². The first-order valence-corrected chi connectivity index (χ1v) is 6.81. The second kappa shape index (κ2) is 5.31. The Balaban J connectivity index is 2.61. The van der Waals surface area contributed by atoms with E-state index in [-0.39, 0.29) is 10.8 Å². The van der Waals surface area contributed by atoms with E-state index in [1.54, 1.807) is 24.3 Å². The zero-order valence-electron chi connectivity index (χ0n) is 8.28. The Morgan fingerprint density at radius 3 is 2.29 bits per heavy atom. The molecule has 0 unspecified atom stereocenters. The lowest BCUT2D eigenvalue weighted by Crippen LogP contribution is -1.86. The van der Waals surface area contributed by atoms with Crippen LogP contribution in [0.15, 0.2) is 30.3 Å². The molecule has 0 aliphatic carbocycles. The molecule has 0 saturated heterocycles. The van der Waals surface area contributed by atoms with E-state index in [0.29, 0.717) is 24.7 Å². The molecule has 0 fully saturated rings. The molecular formula is C12H5Cl3FI. The molecule has 0 radical (unpaired) electrons. The first-order chi connectivity index (χ1) is 8.00. The Morgan fingerprint density at radius 2 is 1.65 bits per heavy atom. The maximum atomic E-state index is 13.5. The van der Waals surface area contributed by atoms with Crippen LogP contribution in [0.5, 0.6) is 0 Å². The molecular weight excluding hydrogens is 396 g/mol. The van der Waals surface area contributed by atoms with Gasteiger partial charge in [-0.15, -0.1) is 0 Å². The smallest absolute Gasteiger partial charge is 0.137 e. The molecule has 0 heterocycles. The van der Waals surface area contributed by atoms with E-state index in [0.717, 1.165) is 0 Å². The standard InChI is InChI=1S/C12H5Cl3FI/c13-8-3-2-7(11(14)12(8)15)6-1-4-10(17)9(16)5-6/h1-5H. The monoisotopic (exact) mass is 400 g/mol. The topological polar surface area (TPSA) is 0 Å². The molecule has 0 spiro atoms. The van der Waals surface area contributed by atoms with Gasteiger partial charge in [0.25, 0.3) is 0 Å². The molecule has 17 heavy (non-hydrogen) atoms. The molecule has 88 valence electrons. The summed E-state index contributed by atoms with van der Waals surface area (Å²) in [6, 6.07) is 8.26. The Labute approximate surface area is 127 Å². The molecule has 0 nitrogen and oxygen atoms in total. The molecule has 2 aromatic rings. The number of rotatable bonds is 1. The highest BCUT2D eigenvalue weighted by Gasteiger charge is 2.11. The van der Waals surface area contributed by atoms with Crippen molar-refractivity contribution in [2.24, 2.45) is 0 Å². The average molecular weight is 401 g/mol. The third kappa shape index (κ3) is 2.70. The lowest BCUT2D eigenvalue weighted by molar-refractivity contribution is 0.621. The van der Waals surface area contributed by atoms with Crippen LogP contribution in [-0.4, -0.2) is 0 Å². The SMILES string of the molecule is Fc1cc(-c2ccc(Cl)c(Cl)c2Cl)ccc1I. The maximum absolute atomic E-state index is 13.5. The van der Waals surface area contributed by atoms with E-state index >= 15 is 0 Å². The number of hydrogen-bond donors (Lipinski definition) is 0. The van der Waals surface area contributed by atoms with Gasteiger partial charge in [-0.1, -0.05) is 46.9 Å². The van der Waals surface area contributed by atoms with Gasteiger partial charge in [0.05, 0.1) is 15.1 Å². The van der Waals surface area contributed by atoms with Gasteiger partial charge in [-0.05, 0) is 46.4 Å². The second-order valence-electron chi connectivity index (χ2n) is 3.35. The second-order valence-corrected chi connectivity index (χ2v) is 5.68. The van der Waals surface area contributed by atoms with Crippen LogP contribution in [-0.2, 0) is 0 Å². The van der Waals surface area contributed by atoms with Crippen LogP contribution in [0.3, 0.4) is 0 Å². The van der Waals surface area contributed by atoms with Crippen molar-refractivity contribution in [1.82, 2.24) is 0 Å². The molecule has 0 aliphatic rings. The fourth-order valence-electron chi connectivity index (χ4n) is 1.41. The first-order valence-electron chi connectivity index (χ1n) is 4.59. The predicted molar refractivity (Wildman–Crippen MR) is 79.6 cm³/mol. The number of hydrogen-bond acceptors (Lipinski definition) is 0. The summed E-state index contributed by atoms with van der Waals surface area (Å²) >= 11 is 19.8. The predicted octanol–water partition coefficient (Wildman–Crippen LogP) is 6.06. The average Bonchev–Trinajstić information content (AvgIpc) is 2.30. The van der Waals surface area contributed by atoms with Gasteiger partial charge in [-0.2, -0.15) is 0 Å². The minimum Gasteiger partial charge on any atom is -0.206 e. The quantitative estimate of drug-likeness (QED) is 0.403. The molecule has 0 aromatic heterocycles. The van der Waals surface area contributed by atoms with E-state index in [9.17, 15) is 4.39 Å². The molecule has 5 heteroatoms. The van der Waals surface area contributed by atoms with Crippen molar-refractivity contribution in [2.75, 3.05) is 0 Å². The van der Waals surface area contributed by atoms with E-state index in [1.165, 1.54) is 6.07 Å². The van der Waals surface area contributed by atoms with Gasteiger partial charge in [0.2, 0.25) is 0 Å². The van der Waals surface area contributed by atoms with Gasteiger partial charge in [-0.25, -0.2) is 4.39 Å². The zero-order chi connectivity index (χ0) is 12.6. The normalized spacial score (nSPS) is 10.6. The van der Waals surface area contributed by atoms with Crippen LogP contribution in [0.25, 0.3) is 11.1 Å². The van der Waals surface area contributed by atoms with Gasteiger partial charge < -0.3 is 0 Å². The van der Waals surface area contributed by atoms with Crippen molar-refractivity contribution in [2.45, 2.75) is 0 Å². The highest BCUT2D eigenvalue weighted by atomic mass is 127. The molecule has 0 N–H and O–H groups in total. The Kier molecular flexibility index (Phi) is 4.18. The van der Waals surface area contributed by atoms with Crippen LogP contribution in [0.1, 0.15) is 0 Å². The highest BCUT2D eigenvalue weighted by Crippen LogP contribution is 2.38. The summed E-state index contributed by atoms with van der Waals surface area (Å²) in [6.45, 7) is 0. The summed E-state index contributed by atoms with van der Waals surface area (Å²) in [5.41, 5.74) is 1.34. The summed E-state index contributed by atoms with van der Waals surface area (Å²) in [6.07, 6.45) is 0. The van der Waals surface area contributed by atoms with Crippen molar-refractivity contribution in [3.05, 3.63) is 54.8 Å². The Hall–Kier alpha value is -0.0300. The van der Waals surface area contributed by atoms with Crippen LogP contribution < -0.4 is 0 Å².